The highest BCUT2D eigenvalue weighted by atomic mass is 16.5. The summed E-state index contributed by atoms with van der Waals surface area (Å²) in [7, 11) is 1.27. The number of rotatable bonds is 15. The molecule has 2 N–H and O–H groups in total. The fraction of sp³-hybridized carbons (Fsp3) is 0.792. The second kappa shape index (κ2) is 13.6. The van der Waals surface area contributed by atoms with Gasteiger partial charge in [0.2, 0.25) is 6.41 Å². The number of hydrogen-bond acceptors (Lipinski definition) is 5. The second-order valence-electron chi connectivity index (χ2n) is 8.85. The van der Waals surface area contributed by atoms with E-state index in [0.29, 0.717) is 19.3 Å². The van der Waals surface area contributed by atoms with Gasteiger partial charge in [0, 0.05) is 24.3 Å². The Balaban J connectivity index is 2.57. The van der Waals surface area contributed by atoms with E-state index < -0.39 is 11.6 Å². The molecule has 0 spiro atoms. The lowest BCUT2D eigenvalue weighted by atomic mass is 9.84. The Labute approximate surface area is 181 Å². The van der Waals surface area contributed by atoms with Crippen LogP contribution < -0.4 is 5.32 Å². The molecule has 2 unspecified atom stereocenters. The molecule has 6 heteroatoms. The first-order chi connectivity index (χ1) is 14.3. The van der Waals surface area contributed by atoms with Crippen LogP contribution in [-0.4, -0.2) is 42.0 Å². The monoisotopic (exact) mass is 423 g/mol. The molecule has 0 radical (unpaired) electrons. The average Bonchev–Trinajstić information content (AvgIpc) is 3.01. The van der Waals surface area contributed by atoms with Crippen molar-refractivity contribution in [1.82, 2.24) is 5.32 Å². The number of carbonyl (C=O) groups excluding carboxylic acids is 3. The maximum Gasteiger partial charge on any atom is 0.337 e. The van der Waals surface area contributed by atoms with Crippen LogP contribution in [0, 0.1) is 17.8 Å². The lowest BCUT2D eigenvalue weighted by Crippen LogP contribution is -2.42. The van der Waals surface area contributed by atoms with Gasteiger partial charge in [0.1, 0.15) is 5.78 Å². The fourth-order valence-electron chi connectivity index (χ4n) is 4.32. The minimum absolute atomic E-state index is 0.0458. The smallest absolute Gasteiger partial charge is 0.337 e. The Morgan fingerprint density at radius 2 is 2.03 bits per heavy atom. The van der Waals surface area contributed by atoms with Crippen molar-refractivity contribution in [3.63, 3.8) is 0 Å². The summed E-state index contributed by atoms with van der Waals surface area (Å²) in [6.07, 6.45) is 14.3. The summed E-state index contributed by atoms with van der Waals surface area (Å²) in [5.74, 6) is -0.666. The van der Waals surface area contributed by atoms with Crippen LogP contribution in [0.4, 0.5) is 0 Å². The van der Waals surface area contributed by atoms with E-state index in [2.05, 4.69) is 29.1 Å². The Bertz CT molecular complexity index is 572. The van der Waals surface area contributed by atoms with Crippen LogP contribution in [0.15, 0.2) is 12.2 Å². The van der Waals surface area contributed by atoms with E-state index in [4.69, 9.17) is 0 Å². The zero-order valence-electron chi connectivity index (χ0n) is 19.2. The van der Waals surface area contributed by atoms with Gasteiger partial charge < -0.3 is 15.2 Å². The second-order valence-corrected chi connectivity index (χ2v) is 8.85. The van der Waals surface area contributed by atoms with Crippen LogP contribution in [0.25, 0.3) is 0 Å². The summed E-state index contributed by atoms with van der Waals surface area (Å²) >= 11 is 0. The van der Waals surface area contributed by atoms with Crippen LogP contribution in [0.1, 0.15) is 85.0 Å². The molecule has 5 atom stereocenters. The fourth-order valence-corrected chi connectivity index (χ4v) is 4.32. The summed E-state index contributed by atoms with van der Waals surface area (Å²) in [6.45, 7) is 5.52. The zero-order valence-corrected chi connectivity index (χ0v) is 19.2. The van der Waals surface area contributed by atoms with Crippen molar-refractivity contribution in [2.24, 2.45) is 17.8 Å². The molecule has 0 aliphatic heterocycles. The number of methoxy groups -OCH3 is 1. The van der Waals surface area contributed by atoms with Crippen molar-refractivity contribution in [3.05, 3.63) is 12.2 Å². The SMILES string of the molecule is CCCCCCC=C[C@H]1[C@H](NC=O)CC(=O)[C@@H]1CCCCC(C)C(C)(O)C(=O)OC. The zero-order chi connectivity index (χ0) is 22.6. The van der Waals surface area contributed by atoms with E-state index >= 15 is 0 Å². The number of unbranched alkanes of at least 4 members (excludes halogenated alkanes) is 5. The summed E-state index contributed by atoms with van der Waals surface area (Å²) in [6, 6.07) is -0.120. The molecule has 0 aromatic heterocycles. The normalized spacial score (nSPS) is 24.6. The van der Waals surface area contributed by atoms with Crippen molar-refractivity contribution < 1.29 is 24.2 Å². The van der Waals surface area contributed by atoms with Crippen LogP contribution in [0.5, 0.6) is 0 Å². The Morgan fingerprint density at radius 3 is 2.67 bits per heavy atom. The number of nitrogens with one attached hydrogen (secondary N) is 1. The van der Waals surface area contributed by atoms with Gasteiger partial charge in [0.05, 0.1) is 7.11 Å². The van der Waals surface area contributed by atoms with Gasteiger partial charge in [-0.15, -0.1) is 0 Å². The first-order valence-electron chi connectivity index (χ1n) is 11.5. The van der Waals surface area contributed by atoms with Gasteiger partial charge in [-0.3, -0.25) is 9.59 Å². The highest BCUT2D eigenvalue weighted by molar-refractivity contribution is 5.85. The van der Waals surface area contributed by atoms with E-state index in [1.807, 2.05) is 6.92 Å². The predicted molar refractivity (Wildman–Crippen MR) is 118 cm³/mol. The number of esters is 1. The minimum Gasteiger partial charge on any atom is -0.467 e. The number of ether oxygens (including phenoxy) is 1. The van der Waals surface area contributed by atoms with Gasteiger partial charge in [-0.05, 0) is 38.5 Å². The van der Waals surface area contributed by atoms with E-state index in [-0.39, 0.29) is 29.6 Å². The van der Waals surface area contributed by atoms with Gasteiger partial charge in [-0.25, -0.2) is 4.79 Å². The molecular weight excluding hydrogens is 382 g/mol. The molecule has 0 aromatic carbocycles. The molecule has 1 rings (SSSR count). The largest absolute Gasteiger partial charge is 0.467 e. The molecule has 1 aliphatic carbocycles. The van der Waals surface area contributed by atoms with Gasteiger partial charge in [0.25, 0.3) is 0 Å². The molecule has 172 valence electrons. The minimum atomic E-state index is -1.50. The third-order valence-electron chi connectivity index (χ3n) is 6.59. The standard InChI is InChI=1S/C24H41NO5/c1-5-6-7-8-9-10-14-19-20(22(27)16-21(19)25-17-26)15-12-11-13-18(2)24(3,29)23(28)30-4/h10,14,17-21,29H,5-9,11-13,15-16H2,1-4H3,(H,25,26)/t18?,19-,20-,21-,24?/m1/s1. The molecule has 1 amide bonds. The maximum atomic E-state index is 12.6. The molecular formula is C24H41NO5. The Morgan fingerprint density at radius 1 is 1.30 bits per heavy atom. The van der Waals surface area contributed by atoms with Crippen LogP contribution in [0.2, 0.25) is 0 Å². The maximum absolute atomic E-state index is 12.6. The number of amides is 1. The molecule has 6 nitrogen and oxygen atoms in total. The van der Waals surface area contributed by atoms with Crippen molar-refractivity contribution in [2.75, 3.05) is 7.11 Å². The third-order valence-corrected chi connectivity index (χ3v) is 6.59. The van der Waals surface area contributed by atoms with Crippen molar-refractivity contribution in [3.8, 4) is 0 Å². The number of aliphatic hydroxyl groups is 1. The third kappa shape index (κ3) is 7.86. The summed E-state index contributed by atoms with van der Waals surface area (Å²) in [5.41, 5.74) is -1.50. The summed E-state index contributed by atoms with van der Waals surface area (Å²) in [4.78, 5) is 35.3. The molecule has 1 aliphatic rings. The highest BCUT2D eigenvalue weighted by Crippen LogP contribution is 2.35. The molecule has 0 heterocycles. The van der Waals surface area contributed by atoms with Gasteiger partial charge in [-0.1, -0.05) is 58.1 Å². The molecule has 30 heavy (non-hydrogen) atoms. The summed E-state index contributed by atoms with van der Waals surface area (Å²) < 4.78 is 4.68. The average molecular weight is 424 g/mol. The van der Waals surface area contributed by atoms with Crippen LogP contribution in [0.3, 0.4) is 0 Å². The van der Waals surface area contributed by atoms with Crippen molar-refractivity contribution in [1.29, 1.82) is 0 Å². The Kier molecular flexibility index (Phi) is 11.9. The van der Waals surface area contributed by atoms with Gasteiger partial charge in [-0.2, -0.15) is 0 Å². The first kappa shape index (κ1) is 26.3. The van der Waals surface area contributed by atoms with E-state index in [1.54, 1.807) is 0 Å². The lowest BCUT2D eigenvalue weighted by Gasteiger charge is -2.27. The molecule has 0 saturated heterocycles. The Hall–Kier alpha value is -1.69. The van der Waals surface area contributed by atoms with Crippen LogP contribution >= 0.6 is 0 Å². The molecule has 0 aromatic rings. The van der Waals surface area contributed by atoms with Crippen molar-refractivity contribution >= 4 is 18.2 Å². The van der Waals surface area contributed by atoms with Crippen molar-refractivity contribution in [2.45, 2.75) is 96.6 Å². The number of hydrogen-bond donors (Lipinski definition) is 2. The lowest BCUT2D eigenvalue weighted by molar-refractivity contribution is -0.165. The number of carbonyl (C=O) groups is 3. The number of Topliss-reactive ketones (excluding diaryl/α,β-unsaturated/α-hetero) is 1. The predicted octanol–water partition coefficient (Wildman–Crippen LogP) is 3.95. The molecule has 0 bridgehead atoms. The van der Waals surface area contributed by atoms with Crippen LogP contribution in [-0.2, 0) is 19.1 Å². The van der Waals surface area contributed by atoms with Gasteiger partial charge in [0.15, 0.2) is 5.60 Å². The highest BCUT2D eigenvalue weighted by Gasteiger charge is 2.40. The number of ketones is 1. The number of allylic oxidation sites excluding steroid dienone is 1. The van der Waals surface area contributed by atoms with E-state index in [9.17, 15) is 19.5 Å². The quantitative estimate of drug-likeness (QED) is 0.180. The molecule has 1 saturated carbocycles. The molecule has 1 fully saturated rings. The summed E-state index contributed by atoms with van der Waals surface area (Å²) in [5, 5.41) is 13.2. The topological polar surface area (TPSA) is 92.7 Å². The van der Waals surface area contributed by atoms with E-state index in [1.165, 1.54) is 33.3 Å². The van der Waals surface area contributed by atoms with E-state index in [0.717, 1.165) is 32.1 Å². The first-order valence-corrected chi connectivity index (χ1v) is 11.5. The van der Waals surface area contributed by atoms with Gasteiger partial charge >= 0.3 is 5.97 Å².